The summed E-state index contributed by atoms with van der Waals surface area (Å²) < 4.78 is 2.43. The van der Waals surface area contributed by atoms with E-state index in [0.717, 1.165) is 22.7 Å². The number of hydrogen-bond donors (Lipinski definition) is 0. The van der Waals surface area contributed by atoms with Crippen molar-refractivity contribution < 1.29 is 0 Å². The normalized spacial score (nSPS) is 11.3. The Balaban J connectivity index is 0.900. The molecule has 0 N–H and O–H groups in total. The Morgan fingerprint density at radius 1 is 0.258 bits per heavy atom. The summed E-state index contributed by atoms with van der Waals surface area (Å²) in [6.45, 7) is 0. The first-order valence-corrected chi connectivity index (χ1v) is 22.7. The molecule has 0 aliphatic heterocycles. The zero-order chi connectivity index (χ0) is 43.8. The minimum Gasteiger partial charge on any atom is -0.311 e. The summed E-state index contributed by atoms with van der Waals surface area (Å²) in [6.07, 6.45) is 0. The lowest BCUT2D eigenvalue weighted by molar-refractivity contribution is 1.18. The predicted octanol–water partition coefficient (Wildman–Crippen LogP) is 17.7. The molecule has 0 radical (unpaired) electrons. The molecular formula is C64H44N2. The number of para-hydroxylation sites is 1. The van der Waals surface area contributed by atoms with E-state index in [1.807, 2.05) is 0 Å². The molecule has 0 atom stereocenters. The molecule has 0 saturated heterocycles. The third kappa shape index (κ3) is 7.12. The smallest absolute Gasteiger partial charge is 0.0547 e. The molecule has 0 aliphatic carbocycles. The van der Waals surface area contributed by atoms with Crippen molar-refractivity contribution in [3.63, 3.8) is 0 Å². The van der Waals surface area contributed by atoms with Gasteiger partial charge in [0.2, 0.25) is 0 Å². The summed E-state index contributed by atoms with van der Waals surface area (Å²) >= 11 is 0. The van der Waals surface area contributed by atoms with Gasteiger partial charge >= 0.3 is 0 Å². The van der Waals surface area contributed by atoms with E-state index < -0.39 is 0 Å². The molecule has 0 fully saturated rings. The second-order valence-corrected chi connectivity index (χ2v) is 16.9. The zero-order valence-electron chi connectivity index (χ0n) is 36.3. The van der Waals surface area contributed by atoms with Crippen molar-refractivity contribution >= 4 is 49.6 Å². The molecule has 12 aromatic rings. The fourth-order valence-corrected chi connectivity index (χ4v) is 9.77. The van der Waals surface area contributed by atoms with Crippen LogP contribution in [0.25, 0.3) is 93.9 Å². The zero-order valence-corrected chi connectivity index (χ0v) is 36.3. The van der Waals surface area contributed by atoms with Crippen LogP contribution in [0.5, 0.6) is 0 Å². The highest BCUT2D eigenvalue weighted by Crippen LogP contribution is 2.43. The van der Waals surface area contributed by atoms with Crippen LogP contribution in [0.4, 0.5) is 17.1 Å². The molecule has 0 saturated carbocycles. The Morgan fingerprint density at radius 2 is 0.682 bits per heavy atom. The van der Waals surface area contributed by atoms with Gasteiger partial charge in [-0.2, -0.15) is 0 Å². The fourth-order valence-electron chi connectivity index (χ4n) is 9.77. The van der Waals surface area contributed by atoms with E-state index in [4.69, 9.17) is 0 Å². The van der Waals surface area contributed by atoms with Crippen molar-refractivity contribution in [1.29, 1.82) is 0 Å². The molecule has 310 valence electrons. The summed E-state index contributed by atoms with van der Waals surface area (Å²) in [5.74, 6) is 0. The van der Waals surface area contributed by atoms with Crippen LogP contribution < -0.4 is 4.90 Å². The van der Waals surface area contributed by atoms with E-state index in [1.165, 1.54) is 88.2 Å². The van der Waals surface area contributed by atoms with Crippen LogP contribution in [-0.2, 0) is 0 Å². The summed E-state index contributed by atoms with van der Waals surface area (Å²) in [5, 5.41) is 5.04. The van der Waals surface area contributed by atoms with Crippen molar-refractivity contribution in [3.05, 3.63) is 267 Å². The lowest BCUT2D eigenvalue weighted by atomic mass is 9.93. The maximum atomic E-state index is 2.43. The van der Waals surface area contributed by atoms with E-state index >= 15 is 0 Å². The largest absolute Gasteiger partial charge is 0.311 e. The van der Waals surface area contributed by atoms with E-state index in [2.05, 4.69) is 276 Å². The number of aromatic nitrogens is 1. The Bertz CT molecular complexity index is 3550. The van der Waals surface area contributed by atoms with E-state index in [-0.39, 0.29) is 0 Å². The Morgan fingerprint density at radius 3 is 1.23 bits per heavy atom. The lowest BCUT2D eigenvalue weighted by Crippen LogP contribution is -2.09. The van der Waals surface area contributed by atoms with Gasteiger partial charge in [-0.25, -0.2) is 0 Å². The van der Waals surface area contributed by atoms with Crippen molar-refractivity contribution in [2.45, 2.75) is 0 Å². The van der Waals surface area contributed by atoms with E-state index in [9.17, 15) is 0 Å². The summed E-state index contributed by atoms with van der Waals surface area (Å²) in [6, 6.07) is 96.7. The summed E-state index contributed by atoms with van der Waals surface area (Å²) in [4.78, 5) is 2.34. The minimum atomic E-state index is 1.10. The number of rotatable bonds is 9. The van der Waals surface area contributed by atoms with Crippen LogP contribution in [0, 0.1) is 0 Å². The van der Waals surface area contributed by atoms with Gasteiger partial charge in [-0.3, -0.25) is 0 Å². The quantitative estimate of drug-likeness (QED) is 0.141. The first-order chi connectivity index (χ1) is 32.7. The molecular weight excluding hydrogens is 797 g/mol. The topological polar surface area (TPSA) is 8.17 Å². The Hall–Kier alpha value is -8.72. The first kappa shape index (κ1) is 38.9. The molecule has 2 nitrogen and oxygen atoms in total. The van der Waals surface area contributed by atoms with Crippen LogP contribution in [0.1, 0.15) is 0 Å². The molecule has 0 aliphatic rings. The molecule has 1 aromatic heterocycles. The van der Waals surface area contributed by atoms with Gasteiger partial charge in [-0.1, -0.05) is 200 Å². The van der Waals surface area contributed by atoms with Gasteiger partial charge in [0.25, 0.3) is 0 Å². The number of fused-ring (bicyclic) bond motifs is 5. The second kappa shape index (κ2) is 16.8. The monoisotopic (exact) mass is 840 g/mol. The molecule has 0 unspecified atom stereocenters. The number of nitrogens with zero attached hydrogens (tertiary/aromatic N) is 2. The third-order valence-electron chi connectivity index (χ3n) is 13.0. The Kier molecular flexibility index (Phi) is 9.89. The van der Waals surface area contributed by atoms with Gasteiger partial charge in [0.05, 0.1) is 11.0 Å². The maximum absolute atomic E-state index is 2.43. The average Bonchev–Trinajstić information content (AvgIpc) is 3.75. The standard InChI is InChI=1S/C64H44N2/c1-4-14-45(15-5-1)48-26-35-55(36-27-48)65(56-37-28-49(29-38-56)46-16-6-2-7-17-46)57-39-30-50(31-40-57)51-32-41-58(42-33-51)66-61-25-11-10-23-60(61)64-62(66)43-34-52-20-13-24-59(63(52)64)54-22-12-21-53(44-54)47-18-8-3-9-19-47/h1-44H. The average molecular weight is 841 g/mol. The van der Waals surface area contributed by atoms with Crippen molar-refractivity contribution in [2.75, 3.05) is 4.90 Å². The van der Waals surface area contributed by atoms with Crippen LogP contribution in [0.3, 0.4) is 0 Å². The van der Waals surface area contributed by atoms with Crippen LogP contribution >= 0.6 is 0 Å². The number of hydrogen-bond acceptors (Lipinski definition) is 1. The van der Waals surface area contributed by atoms with Gasteiger partial charge in [0.15, 0.2) is 0 Å². The summed E-state index contributed by atoms with van der Waals surface area (Å²) in [5.41, 5.74) is 18.9. The third-order valence-corrected chi connectivity index (χ3v) is 13.0. The first-order valence-electron chi connectivity index (χ1n) is 22.7. The molecule has 12 rings (SSSR count). The van der Waals surface area contributed by atoms with Gasteiger partial charge in [-0.05, 0) is 133 Å². The van der Waals surface area contributed by atoms with Gasteiger partial charge in [0, 0.05) is 33.5 Å². The van der Waals surface area contributed by atoms with Crippen molar-refractivity contribution in [2.24, 2.45) is 0 Å². The molecule has 0 spiro atoms. The summed E-state index contributed by atoms with van der Waals surface area (Å²) in [7, 11) is 0. The molecule has 1 heterocycles. The highest BCUT2D eigenvalue weighted by Gasteiger charge is 2.18. The minimum absolute atomic E-state index is 1.10. The lowest BCUT2D eigenvalue weighted by Gasteiger charge is -2.26. The highest BCUT2D eigenvalue weighted by atomic mass is 15.1. The van der Waals surface area contributed by atoms with Crippen molar-refractivity contribution in [3.8, 4) is 61.3 Å². The fraction of sp³-hybridized carbons (Fsp3) is 0. The van der Waals surface area contributed by atoms with Gasteiger partial charge in [0.1, 0.15) is 0 Å². The second-order valence-electron chi connectivity index (χ2n) is 16.9. The van der Waals surface area contributed by atoms with Gasteiger partial charge in [-0.15, -0.1) is 0 Å². The van der Waals surface area contributed by atoms with Crippen LogP contribution in [-0.4, -0.2) is 4.57 Å². The Labute approximate surface area is 385 Å². The van der Waals surface area contributed by atoms with Crippen LogP contribution in [0.15, 0.2) is 267 Å². The number of benzene rings is 11. The van der Waals surface area contributed by atoms with E-state index in [0.29, 0.717) is 0 Å². The van der Waals surface area contributed by atoms with Crippen molar-refractivity contribution in [1.82, 2.24) is 4.57 Å². The molecule has 11 aromatic carbocycles. The van der Waals surface area contributed by atoms with E-state index in [1.54, 1.807) is 0 Å². The van der Waals surface area contributed by atoms with Gasteiger partial charge < -0.3 is 9.47 Å². The maximum Gasteiger partial charge on any atom is 0.0547 e. The molecule has 0 amide bonds. The highest BCUT2D eigenvalue weighted by molar-refractivity contribution is 6.25. The molecule has 2 heteroatoms. The molecule has 66 heavy (non-hydrogen) atoms. The predicted molar refractivity (Wildman–Crippen MR) is 280 cm³/mol. The SMILES string of the molecule is c1ccc(-c2ccc(N(c3ccc(-c4ccccc4)cc3)c3ccc(-c4ccc(-n5c6ccccc6c6c7c(-c8cccc(-c9ccccc9)c8)cccc7ccc65)cc4)cc3)cc2)cc1. The molecule has 0 bridgehead atoms. The van der Waals surface area contributed by atoms with Crippen LogP contribution in [0.2, 0.25) is 0 Å². The number of anilines is 3.